The number of ether oxygens (including phenoxy) is 2. The second-order valence-corrected chi connectivity index (χ2v) is 16.9. The third-order valence-electron chi connectivity index (χ3n) is 8.09. The highest BCUT2D eigenvalue weighted by molar-refractivity contribution is 7.47. The highest BCUT2D eigenvalue weighted by Crippen LogP contribution is 2.43. The Kier molecular flexibility index (Phi) is 30.0. The Bertz CT molecular complexity index is 942. The van der Waals surface area contributed by atoms with Crippen molar-refractivity contribution >= 4 is 27.6 Å². The zero-order valence-corrected chi connectivity index (χ0v) is 33.1. The predicted octanol–water partition coefficient (Wildman–Crippen LogP) is 8.55. The summed E-state index contributed by atoms with van der Waals surface area (Å²) < 4.78 is 47.5. The average Bonchev–Trinajstić information content (AvgIpc) is 3.03. The standard InChI is InChI=1S/C35H70O13P2/c1-30(2)22-18-14-10-7-5-6-8-12-17-21-25-35(38)48-33(29-47-50(42,43)46-27-32(36)26-45-49(39,40)41)28-44-34(37)24-20-16-13-9-11-15-19-23-31(3)4/h30-33,36H,5-29H2,1-4H3,(H,42,43)(H2,39,40,41)/t32-,33+/m0/s1. The van der Waals surface area contributed by atoms with E-state index in [0.29, 0.717) is 12.8 Å². The van der Waals surface area contributed by atoms with E-state index in [2.05, 4.69) is 36.7 Å². The third-order valence-corrected chi connectivity index (χ3v) is 9.53. The first-order chi connectivity index (χ1) is 23.6. The Balaban J connectivity index is 4.58. The molecule has 0 aliphatic heterocycles. The van der Waals surface area contributed by atoms with Gasteiger partial charge in [-0.25, -0.2) is 9.13 Å². The average molecular weight is 761 g/mol. The van der Waals surface area contributed by atoms with Crippen molar-refractivity contribution in [1.29, 1.82) is 0 Å². The minimum absolute atomic E-state index is 0.136. The highest BCUT2D eigenvalue weighted by Gasteiger charge is 2.28. The molecule has 4 N–H and O–H groups in total. The maximum absolute atomic E-state index is 12.6. The molecule has 15 heteroatoms. The summed E-state index contributed by atoms with van der Waals surface area (Å²) in [5.41, 5.74) is 0. The molecule has 50 heavy (non-hydrogen) atoms. The van der Waals surface area contributed by atoms with E-state index in [1.807, 2.05) is 0 Å². The maximum atomic E-state index is 12.6. The second-order valence-electron chi connectivity index (χ2n) is 14.2. The monoisotopic (exact) mass is 760 g/mol. The molecule has 1 unspecified atom stereocenters. The van der Waals surface area contributed by atoms with Crippen LogP contribution in [0.5, 0.6) is 0 Å². The lowest BCUT2D eigenvalue weighted by Gasteiger charge is -2.20. The van der Waals surface area contributed by atoms with Crippen LogP contribution in [0.25, 0.3) is 0 Å². The van der Waals surface area contributed by atoms with Gasteiger partial charge in [-0.15, -0.1) is 0 Å². The van der Waals surface area contributed by atoms with Crippen LogP contribution >= 0.6 is 15.6 Å². The largest absolute Gasteiger partial charge is 0.472 e. The van der Waals surface area contributed by atoms with Crippen molar-refractivity contribution in [3.8, 4) is 0 Å². The first kappa shape index (κ1) is 49.1. The molecule has 13 nitrogen and oxygen atoms in total. The quantitative estimate of drug-likeness (QED) is 0.0273. The van der Waals surface area contributed by atoms with Crippen LogP contribution in [0.15, 0.2) is 0 Å². The van der Waals surface area contributed by atoms with Crippen LogP contribution in [-0.2, 0) is 41.8 Å². The highest BCUT2D eigenvalue weighted by atomic mass is 31.2. The van der Waals surface area contributed by atoms with Crippen LogP contribution in [0.4, 0.5) is 0 Å². The summed E-state index contributed by atoms with van der Waals surface area (Å²) in [5, 5.41) is 9.70. The van der Waals surface area contributed by atoms with Gasteiger partial charge in [0, 0.05) is 12.8 Å². The van der Waals surface area contributed by atoms with E-state index in [1.165, 1.54) is 70.6 Å². The van der Waals surface area contributed by atoms with Crippen molar-refractivity contribution in [1.82, 2.24) is 0 Å². The van der Waals surface area contributed by atoms with Crippen LogP contribution in [-0.4, -0.2) is 70.4 Å². The van der Waals surface area contributed by atoms with Gasteiger partial charge >= 0.3 is 27.6 Å². The number of aliphatic hydroxyl groups is 1. The van der Waals surface area contributed by atoms with Crippen LogP contribution in [0.1, 0.15) is 163 Å². The fourth-order valence-corrected chi connectivity index (χ4v) is 6.34. The van der Waals surface area contributed by atoms with Crippen molar-refractivity contribution < 1.29 is 61.6 Å². The number of hydrogen-bond donors (Lipinski definition) is 4. The number of carbonyl (C=O) groups is 2. The number of esters is 2. The van der Waals surface area contributed by atoms with Gasteiger partial charge in [0.1, 0.15) is 12.7 Å². The van der Waals surface area contributed by atoms with E-state index in [0.717, 1.165) is 50.4 Å². The maximum Gasteiger partial charge on any atom is 0.472 e. The Morgan fingerprint density at radius 2 is 0.900 bits per heavy atom. The molecule has 0 fully saturated rings. The summed E-state index contributed by atoms with van der Waals surface area (Å²) in [6.45, 7) is 6.28. The normalized spacial score (nSPS) is 14.5. The van der Waals surface area contributed by atoms with Crippen LogP contribution < -0.4 is 0 Å². The first-order valence-corrected chi connectivity index (χ1v) is 22.0. The Hall–Kier alpha value is -0.880. The van der Waals surface area contributed by atoms with Crippen LogP contribution in [0.3, 0.4) is 0 Å². The molecule has 0 bridgehead atoms. The van der Waals surface area contributed by atoms with E-state index in [1.54, 1.807) is 0 Å². The number of phosphoric ester groups is 2. The Labute approximate surface area is 301 Å². The fourth-order valence-electron chi connectivity index (χ4n) is 5.19. The molecule has 0 saturated heterocycles. The van der Waals surface area contributed by atoms with E-state index >= 15 is 0 Å². The summed E-state index contributed by atoms with van der Waals surface area (Å²) in [7, 11) is -9.64. The minimum Gasteiger partial charge on any atom is -0.462 e. The molecule has 0 aromatic heterocycles. The SMILES string of the molecule is CC(C)CCCCCCCCCCCCC(=O)O[C@H](COC(=O)CCCCCCCCCC(C)C)COP(=O)(O)OC[C@@H](O)COP(=O)(O)O. The van der Waals surface area contributed by atoms with Crippen molar-refractivity contribution in [2.75, 3.05) is 26.4 Å². The van der Waals surface area contributed by atoms with Gasteiger partial charge in [-0.1, -0.05) is 137 Å². The minimum atomic E-state index is -4.85. The summed E-state index contributed by atoms with van der Waals surface area (Å²) in [4.78, 5) is 52.4. The van der Waals surface area contributed by atoms with Gasteiger partial charge in [-0.2, -0.15) is 0 Å². The van der Waals surface area contributed by atoms with Gasteiger partial charge in [0.15, 0.2) is 6.10 Å². The topological polar surface area (TPSA) is 195 Å². The zero-order valence-electron chi connectivity index (χ0n) is 31.3. The predicted molar refractivity (Wildman–Crippen MR) is 193 cm³/mol. The summed E-state index contributed by atoms with van der Waals surface area (Å²) in [6, 6.07) is 0. The molecule has 0 aromatic carbocycles. The van der Waals surface area contributed by atoms with Gasteiger partial charge in [-0.3, -0.25) is 23.2 Å². The molecule has 298 valence electrons. The lowest BCUT2D eigenvalue weighted by Crippen LogP contribution is -2.30. The summed E-state index contributed by atoms with van der Waals surface area (Å²) in [6.07, 6.45) is 18.6. The van der Waals surface area contributed by atoms with E-state index < -0.39 is 59.6 Å². The molecule has 0 rings (SSSR count). The van der Waals surface area contributed by atoms with Gasteiger partial charge < -0.3 is 29.3 Å². The summed E-state index contributed by atoms with van der Waals surface area (Å²) in [5.74, 6) is 0.468. The number of phosphoric acid groups is 2. The smallest absolute Gasteiger partial charge is 0.462 e. The van der Waals surface area contributed by atoms with Crippen LogP contribution in [0, 0.1) is 11.8 Å². The molecule has 0 spiro atoms. The molecule has 3 atom stereocenters. The van der Waals surface area contributed by atoms with Crippen molar-refractivity contribution in [2.45, 2.75) is 175 Å². The van der Waals surface area contributed by atoms with E-state index in [4.69, 9.17) is 23.8 Å². The molecule has 0 aliphatic rings. The lowest BCUT2D eigenvalue weighted by atomic mass is 10.0. The van der Waals surface area contributed by atoms with Crippen LogP contribution in [0.2, 0.25) is 0 Å². The van der Waals surface area contributed by atoms with Gasteiger partial charge in [-0.05, 0) is 24.7 Å². The Morgan fingerprint density at radius 1 is 0.520 bits per heavy atom. The fraction of sp³-hybridized carbons (Fsp3) is 0.943. The van der Waals surface area contributed by atoms with E-state index in [9.17, 15) is 28.7 Å². The number of carbonyl (C=O) groups excluding carboxylic acids is 2. The summed E-state index contributed by atoms with van der Waals surface area (Å²) >= 11 is 0. The number of aliphatic hydroxyl groups excluding tert-OH is 1. The molecule has 0 aliphatic carbocycles. The lowest BCUT2D eigenvalue weighted by molar-refractivity contribution is -0.161. The van der Waals surface area contributed by atoms with E-state index in [-0.39, 0.29) is 19.4 Å². The number of unbranched alkanes of at least 4 members (excludes halogenated alkanes) is 15. The number of hydrogen-bond acceptors (Lipinski definition) is 10. The molecular weight excluding hydrogens is 690 g/mol. The van der Waals surface area contributed by atoms with Crippen molar-refractivity contribution in [3.63, 3.8) is 0 Å². The molecule has 0 saturated carbocycles. The third kappa shape index (κ3) is 35.5. The molecule has 0 amide bonds. The van der Waals surface area contributed by atoms with Crippen molar-refractivity contribution in [2.24, 2.45) is 11.8 Å². The Morgan fingerprint density at radius 3 is 1.34 bits per heavy atom. The van der Waals surface area contributed by atoms with Crippen molar-refractivity contribution in [3.05, 3.63) is 0 Å². The second kappa shape index (κ2) is 30.6. The first-order valence-electron chi connectivity index (χ1n) is 18.9. The molecule has 0 heterocycles. The van der Waals surface area contributed by atoms with Gasteiger partial charge in [0.05, 0.1) is 19.8 Å². The molecule has 0 aromatic rings. The molecule has 0 radical (unpaired) electrons. The van der Waals surface area contributed by atoms with Gasteiger partial charge in [0.25, 0.3) is 0 Å². The molecular formula is C35H70O13P2. The number of rotatable bonds is 35. The zero-order chi connectivity index (χ0) is 37.7. The van der Waals surface area contributed by atoms with Gasteiger partial charge in [0.2, 0.25) is 0 Å².